The van der Waals surface area contributed by atoms with Crippen molar-refractivity contribution in [2.75, 3.05) is 22.9 Å². The molecule has 2 aromatic carbocycles. The van der Waals surface area contributed by atoms with E-state index in [9.17, 15) is 4.79 Å². The van der Waals surface area contributed by atoms with E-state index in [4.69, 9.17) is 17.0 Å². The Morgan fingerprint density at radius 2 is 1.71 bits per heavy atom. The van der Waals surface area contributed by atoms with Gasteiger partial charge in [-0.15, -0.1) is 0 Å². The molecule has 0 saturated carbocycles. The molecule has 4 nitrogen and oxygen atoms in total. The maximum Gasteiger partial charge on any atom is 0.298 e. The summed E-state index contributed by atoms with van der Waals surface area (Å²) < 4.78 is 4.92. The van der Waals surface area contributed by atoms with E-state index in [-0.39, 0.29) is 0 Å². The fourth-order valence-electron chi connectivity index (χ4n) is 2.84. The molecule has 1 aliphatic heterocycles. The monoisotopic (exact) mass is 340 g/mol. The Morgan fingerprint density at radius 1 is 1.04 bits per heavy atom. The molecule has 5 heteroatoms. The van der Waals surface area contributed by atoms with E-state index in [2.05, 4.69) is 47.9 Å². The van der Waals surface area contributed by atoms with Gasteiger partial charge < -0.3 is 14.5 Å². The third-order valence-electron chi connectivity index (χ3n) is 4.19. The van der Waals surface area contributed by atoms with Gasteiger partial charge in [-0.2, -0.15) is 0 Å². The van der Waals surface area contributed by atoms with Crippen LogP contribution in [0.5, 0.6) is 5.75 Å². The highest BCUT2D eigenvalue weighted by Gasteiger charge is 2.27. The predicted octanol–water partition coefficient (Wildman–Crippen LogP) is 3.96. The highest BCUT2D eigenvalue weighted by molar-refractivity contribution is 7.80. The summed E-state index contributed by atoms with van der Waals surface area (Å²) in [5.74, 6) is 1.03. The van der Waals surface area contributed by atoms with Gasteiger partial charge in [0.1, 0.15) is 5.75 Å². The van der Waals surface area contributed by atoms with Crippen molar-refractivity contribution in [3.63, 3.8) is 0 Å². The molecule has 24 heavy (non-hydrogen) atoms. The molecular weight excluding hydrogens is 320 g/mol. The number of rotatable bonds is 5. The molecule has 3 rings (SSSR count). The topological polar surface area (TPSA) is 32.8 Å². The minimum absolute atomic E-state index is 0.435. The van der Waals surface area contributed by atoms with E-state index >= 15 is 0 Å². The molecule has 0 radical (unpaired) electrons. The lowest BCUT2D eigenvalue weighted by Gasteiger charge is -2.22. The van der Waals surface area contributed by atoms with Gasteiger partial charge >= 0.3 is 0 Å². The standard InChI is InChI=1S/C19H20N2O2S/c1-14(2)15-6-8-16(9-7-15)20-10-11-21(19(20)24)17-4-3-5-18(12-17)23-13-22/h3-9,12-14H,10-11H2,1-2H3. The van der Waals surface area contributed by atoms with Gasteiger partial charge in [-0.3, -0.25) is 4.79 Å². The molecule has 1 saturated heterocycles. The molecule has 0 aromatic heterocycles. The van der Waals surface area contributed by atoms with Crippen LogP contribution in [0.15, 0.2) is 48.5 Å². The molecule has 0 amide bonds. The van der Waals surface area contributed by atoms with Gasteiger partial charge in [0, 0.05) is 30.5 Å². The van der Waals surface area contributed by atoms with E-state index in [0.29, 0.717) is 18.1 Å². The molecule has 1 aliphatic rings. The van der Waals surface area contributed by atoms with Crippen LogP contribution in [0.3, 0.4) is 0 Å². The molecule has 124 valence electrons. The van der Waals surface area contributed by atoms with E-state index in [0.717, 1.165) is 29.6 Å². The predicted molar refractivity (Wildman–Crippen MR) is 101 cm³/mol. The highest BCUT2D eigenvalue weighted by Crippen LogP contribution is 2.28. The number of carbonyl (C=O) groups excluding carboxylic acids is 1. The average Bonchev–Trinajstić information content (AvgIpc) is 2.97. The largest absolute Gasteiger partial charge is 0.429 e. The summed E-state index contributed by atoms with van der Waals surface area (Å²) >= 11 is 5.66. The van der Waals surface area contributed by atoms with E-state index in [1.165, 1.54) is 5.56 Å². The molecule has 0 unspecified atom stereocenters. The van der Waals surface area contributed by atoms with Crippen LogP contribution in [0.25, 0.3) is 0 Å². The van der Waals surface area contributed by atoms with Gasteiger partial charge in [0.15, 0.2) is 5.11 Å². The average molecular weight is 340 g/mol. The van der Waals surface area contributed by atoms with Crippen LogP contribution in [0, 0.1) is 0 Å². The third-order valence-corrected chi connectivity index (χ3v) is 4.63. The normalized spacial score (nSPS) is 14.4. The molecular formula is C19H20N2O2S. The number of thiocarbonyl (C=S) groups is 1. The van der Waals surface area contributed by atoms with Crippen LogP contribution in [0.2, 0.25) is 0 Å². The van der Waals surface area contributed by atoms with Crippen molar-refractivity contribution < 1.29 is 9.53 Å². The van der Waals surface area contributed by atoms with Gasteiger partial charge in [0.05, 0.1) is 0 Å². The number of benzene rings is 2. The second-order valence-electron chi connectivity index (χ2n) is 6.04. The molecule has 0 N–H and O–H groups in total. The fraction of sp³-hybridized carbons (Fsp3) is 0.263. The summed E-state index contributed by atoms with van der Waals surface area (Å²) in [7, 11) is 0. The Kier molecular flexibility index (Phi) is 4.81. The van der Waals surface area contributed by atoms with Gasteiger partial charge in [-0.1, -0.05) is 32.0 Å². The maximum atomic E-state index is 10.5. The fourth-order valence-corrected chi connectivity index (χ4v) is 3.23. The highest BCUT2D eigenvalue weighted by atomic mass is 32.1. The molecule has 1 heterocycles. The van der Waals surface area contributed by atoms with Crippen molar-refractivity contribution in [1.29, 1.82) is 0 Å². The zero-order valence-electron chi connectivity index (χ0n) is 13.8. The quantitative estimate of drug-likeness (QED) is 0.608. The van der Waals surface area contributed by atoms with Gasteiger partial charge in [0.25, 0.3) is 6.47 Å². The molecule has 1 fully saturated rings. The SMILES string of the molecule is CC(C)c1ccc(N2CCN(c3cccc(OC=O)c3)C2=S)cc1. The van der Waals surface area contributed by atoms with Crippen LogP contribution in [-0.2, 0) is 4.79 Å². The summed E-state index contributed by atoms with van der Waals surface area (Å²) in [5.41, 5.74) is 3.35. The molecule has 0 atom stereocenters. The van der Waals surface area contributed by atoms with Crippen molar-refractivity contribution in [1.82, 2.24) is 0 Å². The lowest BCUT2D eigenvalue weighted by Crippen LogP contribution is -2.31. The first-order valence-corrected chi connectivity index (χ1v) is 8.40. The van der Waals surface area contributed by atoms with Crippen LogP contribution in [-0.4, -0.2) is 24.7 Å². The number of anilines is 2. The van der Waals surface area contributed by atoms with E-state index in [1.54, 1.807) is 6.07 Å². The summed E-state index contributed by atoms with van der Waals surface area (Å²) in [5, 5.41) is 0.760. The zero-order valence-corrected chi connectivity index (χ0v) is 14.6. The van der Waals surface area contributed by atoms with Crippen molar-refractivity contribution >= 4 is 35.2 Å². The number of hydrogen-bond donors (Lipinski definition) is 0. The minimum Gasteiger partial charge on any atom is -0.429 e. The van der Waals surface area contributed by atoms with E-state index < -0.39 is 0 Å². The third kappa shape index (κ3) is 3.26. The first-order valence-electron chi connectivity index (χ1n) is 7.99. The van der Waals surface area contributed by atoms with Gasteiger partial charge in [0.2, 0.25) is 0 Å². The van der Waals surface area contributed by atoms with E-state index in [1.807, 2.05) is 18.2 Å². The Bertz CT molecular complexity index is 743. The number of ether oxygens (including phenoxy) is 1. The van der Waals surface area contributed by atoms with Crippen LogP contribution in [0.4, 0.5) is 11.4 Å². The summed E-state index contributed by atoms with van der Waals surface area (Å²) in [4.78, 5) is 14.7. The molecule has 0 spiro atoms. The molecule has 0 aliphatic carbocycles. The van der Waals surface area contributed by atoms with Gasteiger partial charge in [-0.25, -0.2) is 0 Å². The number of carbonyl (C=O) groups is 1. The van der Waals surface area contributed by atoms with Crippen LogP contribution >= 0.6 is 12.2 Å². The van der Waals surface area contributed by atoms with Crippen molar-refractivity contribution in [2.45, 2.75) is 19.8 Å². The molecule has 0 bridgehead atoms. The molecule has 2 aromatic rings. The van der Waals surface area contributed by atoms with Crippen molar-refractivity contribution in [2.24, 2.45) is 0 Å². The number of hydrogen-bond acceptors (Lipinski definition) is 3. The Morgan fingerprint density at radius 3 is 2.33 bits per heavy atom. The second kappa shape index (κ2) is 7.01. The Hall–Kier alpha value is -2.40. The first-order chi connectivity index (χ1) is 11.6. The second-order valence-corrected chi connectivity index (χ2v) is 6.41. The van der Waals surface area contributed by atoms with Gasteiger partial charge in [-0.05, 0) is 48.0 Å². The lowest BCUT2D eigenvalue weighted by molar-refractivity contribution is -0.120. The van der Waals surface area contributed by atoms with Crippen LogP contribution < -0.4 is 14.5 Å². The Labute approximate surface area is 147 Å². The summed E-state index contributed by atoms with van der Waals surface area (Å²) in [6.07, 6.45) is 0. The smallest absolute Gasteiger partial charge is 0.298 e. The lowest BCUT2D eigenvalue weighted by atomic mass is 10.0. The zero-order chi connectivity index (χ0) is 17.1. The minimum atomic E-state index is 0.435. The summed E-state index contributed by atoms with van der Waals surface area (Å²) in [6, 6.07) is 16.0. The number of nitrogens with zero attached hydrogens (tertiary/aromatic N) is 2. The van der Waals surface area contributed by atoms with Crippen LogP contribution in [0.1, 0.15) is 25.3 Å². The maximum absolute atomic E-state index is 10.5. The Balaban J connectivity index is 1.79. The van der Waals surface area contributed by atoms with Crippen molar-refractivity contribution in [3.05, 3.63) is 54.1 Å². The summed E-state index contributed by atoms with van der Waals surface area (Å²) in [6.45, 7) is 6.44. The first kappa shape index (κ1) is 16.5. The van der Waals surface area contributed by atoms with Crippen molar-refractivity contribution in [3.8, 4) is 5.75 Å².